The molecule has 18 heavy (non-hydrogen) atoms. The molecule has 0 aliphatic carbocycles. The zero-order valence-corrected chi connectivity index (χ0v) is 10.3. The molecule has 0 saturated heterocycles. The molecule has 5 heteroatoms. The Kier molecular flexibility index (Phi) is 4.15. The van der Waals surface area contributed by atoms with Crippen molar-refractivity contribution in [3.63, 3.8) is 0 Å². The molecule has 0 aliphatic heterocycles. The standard InChI is InChI=1S/C13H12ClN3O/c14-12-4-2-1-3-10(12)5-6-13(18)15-9-11-7-8-16-17-11/h1-8H,9H2,(H,15,18)(H,16,17). The van der Waals surface area contributed by atoms with Gasteiger partial charge in [-0.3, -0.25) is 9.89 Å². The number of hydrogen-bond donors (Lipinski definition) is 2. The first-order valence-electron chi connectivity index (χ1n) is 5.44. The first-order valence-corrected chi connectivity index (χ1v) is 5.82. The van der Waals surface area contributed by atoms with E-state index in [1.54, 1.807) is 24.4 Å². The van der Waals surface area contributed by atoms with Crippen LogP contribution in [0.5, 0.6) is 0 Å². The number of nitrogens with one attached hydrogen (secondary N) is 2. The van der Waals surface area contributed by atoms with E-state index < -0.39 is 0 Å². The van der Waals surface area contributed by atoms with Crippen LogP contribution in [0.3, 0.4) is 0 Å². The molecule has 92 valence electrons. The van der Waals surface area contributed by atoms with Crippen LogP contribution >= 0.6 is 11.6 Å². The van der Waals surface area contributed by atoms with Crippen molar-refractivity contribution in [3.8, 4) is 0 Å². The Labute approximate surface area is 110 Å². The monoisotopic (exact) mass is 261 g/mol. The van der Waals surface area contributed by atoms with Gasteiger partial charge in [0.25, 0.3) is 0 Å². The molecule has 0 fully saturated rings. The fraction of sp³-hybridized carbons (Fsp3) is 0.0769. The third-order valence-electron chi connectivity index (χ3n) is 2.33. The molecule has 0 atom stereocenters. The van der Waals surface area contributed by atoms with Crippen LogP contribution in [0.2, 0.25) is 5.02 Å². The number of hydrogen-bond acceptors (Lipinski definition) is 2. The highest BCUT2D eigenvalue weighted by molar-refractivity contribution is 6.32. The van der Waals surface area contributed by atoms with Crippen LogP contribution in [0.15, 0.2) is 42.6 Å². The van der Waals surface area contributed by atoms with Gasteiger partial charge in [0.1, 0.15) is 0 Å². The van der Waals surface area contributed by atoms with Crippen molar-refractivity contribution < 1.29 is 4.79 Å². The Morgan fingerprint density at radius 1 is 1.39 bits per heavy atom. The van der Waals surface area contributed by atoms with Crippen LogP contribution in [0.4, 0.5) is 0 Å². The Bertz CT molecular complexity index is 549. The van der Waals surface area contributed by atoms with Gasteiger partial charge in [-0.2, -0.15) is 5.10 Å². The lowest BCUT2D eigenvalue weighted by Crippen LogP contribution is -2.20. The molecular formula is C13H12ClN3O. The van der Waals surface area contributed by atoms with Gasteiger partial charge < -0.3 is 5.32 Å². The minimum atomic E-state index is -0.176. The van der Waals surface area contributed by atoms with Gasteiger partial charge in [0, 0.05) is 17.3 Å². The molecule has 0 bridgehead atoms. The molecule has 1 aromatic heterocycles. The van der Waals surface area contributed by atoms with Crippen LogP contribution in [-0.2, 0) is 11.3 Å². The summed E-state index contributed by atoms with van der Waals surface area (Å²) in [5, 5.41) is 9.91. The molecule has 2 N–H and O–H groups in total. The number of H-pyrrole nitrogens is 1. The molecule has 1 amide bonds. The molecule has 0 spiro atoms. The van der Waals surface area contributed by atoms with Crippen LogP contribution < -0.4 is 5.32 Å². The van der Waals surface area contributed by atoms with Crippen LogP contribution in [0, 0.1) is 0 Å². The van der Waals surface area contributed by atoms with Gasteiger partial charge >= 0.3 is 0 Å². The summed E-state index contributed by atoms with van der Waals surface area (Å²) in [6.07, 6.45) is 4.78. The normalized spacial score (nSPS) is 10.7. The average molecular weight is 262 g/mol. The highest BCUT2D eigenvalue weighted by Crippen LogP contribution is 2.15. The van der Waals surface area contributed by atoms with E-state index >= 15 is 0 Å². The lowest BCUT2D eigenvalue weighted by molar-refractivity contribution is -0.116. The van der Waals surface area contributed by atoms with Crippen molar-refractivity contribution in [1.82, 2.24) is 15.5 Å². The van der Waals surface area contributed by atoms with E-state index in [0.29, 0.717) is 11.6 Å². The number of carbonyl (C=O) groups excluding carboxylic acids is 1. The van der Waals surface area contributed by atoms with Gasteiger partial charge in [-0.25, -0.2) is 0 Å². The second-order valence-electron chi connectivity index (χ2n) is 3.65. The number of aromatic amines is 1. The summed E-state index contributed by atoms with van der Waals surface area (Å²) in [5.41, 5.74) is 1.67. The maximum Gasteiger partial charge on any atom is 0.244 e. The third-order valence-corrected chi connectivity index (χ3v) is 2.68. The van der Waals surface area contributed by atoms with Gasteiger partial charge in [-0.1, -0.05) is 29.8 Å². The molecule has 2 aromatic rings. The second kappa shape index (κ2) is 6.02. The molecule has 1 aromatic carbocycles. The van der Waals surface area contributed by atoms with Crippen molar-refractivity contribution in [2.75, 3.05) is 0 Å². The predicted molar refractivity (Wildman–Crippen MR) is 70.9 cm³/mol. The van der Waals surface area contributed by atoms with E-state index in [9.17, 15) is 4.79 Å². The van der Waals surface area contributed by atoms with Crippen LogP contribution in [0.25, 0.3) is 6.08 Å². The summed E-state index contributed by atoms with van der Waals surface area (Å²) >= 11 is 5.97. The van der Waals surface area contributed by atoms with Gasteiger partial charge in [0.2, 0.25) is 5.91 Å². The molecule has 1 heterocycles. The highest BCUT2D eigenvalue weighted by atomic mass is 35.5. The zero-order valence-electron chi connectivity index (χ0n) is 9.56. The van der Waals surface area contributed by atoms with E-state index in [0.717, 1.165) is 11.3 Å². The maximum absolute atomic E-state index is 11.5. The summed E-state index contributed by atoms with van der Waals surface area (Å²) in [5.74, 6) is -0.176. The van der Waals surface area contributed by atoms with Gasteiger partial charge in [0.05, 0.1) is 12.2 Å². The average Bonchev–Trinajstić information content (AvgIpc) is 2.88. The number of aromatic nitrogens is 2. The van der Waals surface area contributed by atoms with E-state index in [-0.39, 0.29) is 5.91 Å². The minimum Gasteiger partial charge on any atom is -0.347 e. The number of carbonyl (C=O) groups is 1. The fourth-order valence-corrected chi connectivity index (χ4v) is 1.60. The number of nitrogens with zero attached hydrogens (tertiary/aromatic N) is 1. The van der Waals surface area contributed by atoms with E-state index in [1.165, 1.54) is 6.08 Å². The highest BCUT2D eigenvalue weighted by Gasteiger charge is 1.98. The van der Waals surface area contributed by atoms with Gasteiger partial charge in [0.15, 0.2) is 0 Å². The van der Waals surface area contributed by atoms with Crippen molar-refractivity contribution in [3.05, 3.63) is 58.9 Å². The Morgan fingerprint density at radius 3 is 2.94 bits per heavy atom. The van der Waals surface area contributed by atoms with Crippen molar-refractivity contribution in [2.24, 2.45) is 0 Å². The number of benzene rings is 1. The lowest BCUT2D eigenvalue weighted by atomic mass is 10.2. The lowest BCUT2D eigenvalue weighted by Gasteiger charge is -1.99. The molecule has 4 nitrogen and oxygen atoms in total. The number of amides is 1. The fourth-order valence-electron chi connectivity index (χ4n) is 1.40. The predicted octanol–water partition coefficient (Wildman–Crippen LogP) is 2.39. The van der Waals surface area contributed by atoms with Crippen LogP contribution in [0.1, 0.15) is 11.3 Å². The van der Waals surface area contributed by atoms with E-state index in [1.807, 2.05) is 18.2 Å². The van der Waals surface area contributed by atoms with Gasteiger partial charge in [-0.05, 0) is 23.8 Å². The number of rotatable bonds is 4. The van der Waals surface area contributed by atoms with Crippen molar-refractivity contribution >= 4 is 23.6 Å². The largest absolute Gasteiger partial charge is 0.347 e. The minimum absolute atomic E-state index is 0.176. The quantitative estimate of drug-likeness (QED) is 0.831. The van der Waals surface area contributed by atoms with Crippen LogP contribution in [-0.4, -0.2) is 16.1 Å². The molecule has 0 radical (unpaired) electrons. The van der Waals surface area contributed by atoms with E-state index in [4.69, 9.17) is 11.6 Å². The number of halogens is 1. The Hall–Kier alpha value is -2.07. The van der Waals surface area contributed by atoms with Crippen molar-refractivity contribution in [2.45, 2.75) is 6.54 Å². The van der Waals surface area contributed by atoms with E-state index in [2.05, 4.69) is 15.5 Å². The first kappa shape index (κ1) is 12.4. The summed E-state index contributed by atoms with van der Waals surface area (Å²) in [6, 6.07) is 9.15. The smallest absolute Gasteiger partial charge is 0.244 e. The third kappa shape index (κ3) is 3.46. The summed E-state index contributed by atoms with van der Waals surface area (Å²) in [6.45, 7) is 0.422. The molecule has 0 aliphatic rings. The maximum atomic E-state index is 11.5. The summed E-state index contributed by atoms with van der Waals surface area (Å²) < 4.78 is 0. The topological polar surface area (TPSA) is 57.8 Å². The SMILES string of the molecule is O=C(C=Cc1ccccc1Cl)NCc1ccn[nH]1. The molecule has 0 saturated carbocycles. The summed E-state index contributed by atoms with van der Waals surface area (Å²) in [4.78, 5) is 11.5. The first-order chi connectivity index (χ1) is 8.75. The molecular weight excluding hydrogens is 250 g/mol. The second-order valence-corrected chi connectivity index (χ2v) is 4.06. The van der Waals surface area contributed by atoms with Crippen molar-refractivity contribution in [1.29, 1.82) is 0 Å². The Morgan fingerprint density at radius 2 is 2.22 bits per heavy atom. The Balaban J connectivity index is 1.89. The van der Waals surface area contributed by atoms with Gasteiger partial charge in [-0.15, -0.1) is 0 Å². The molecule has 0 unspecified atom stereocenters. The zero-order chi connectivity index (χ0) is 12.8. The summed E-state index contributed by atoms with van der Waals surface area (Å²) in [7, 11) is 0. The molecule has 2 rings (SSSR count).